The Balaban J connectivity index is 1.85. The summed E-state index contributed by atoms with van der Waals surface area (Å²) in [5.74, 6) is 2.07. The van der Waals surface area contributed by atoms with E-state index in [9.17, 15) is 0 Å². The van der Waals surface area contributed by atoms with E-state index in [1.807, 2.05) is 30.3 Å². The minimum absolute atomic E-state index is 0.434. The molecule has 1 N–H and O–H groups in total. The van der Waals surface area contributed by atoms with E-state index in [2.05, 4.69) is 29.4 Å². The molecular weight excluding hydrogens is 262 g/mol. The summed E-state index contributed by atoms with van der Waals surface area (Å²) in [6.45, 7) is 3.01. The monoisotopic (exact) mass is 281 g/mol. The van der Waals surface area contributed by atoms with Crippen LogP contribution in [0.5, 0.6) is 5.75 Å². The van der Waals surface area contributed by atoms with Gasteiger partial charge in [0.05, 0.1) is 7.11 Å². The predicted molar refractivity (Wildman–Crippen MR) is 83.5 cm³/mol. The topological polar surface area (TPSA) is 57.9 Å². The lowest BCUT2D eigenvalue weighted by Crippen LogP contribution is -2.07. The number of nitrogens with one attached hydrogen (secondary N) is 1. The van der Waals surface area contributed by atoms with Gasteiger partial charge in [0.15, 0.2) is 0 Å². The largest absolute Gasteiger partial charge is 0.497 e. The Hall–Kier alpha value is -2.54. The average molecular weight is 281 g/mol. The van der Waals surface area contributed by atoms with Crippen LogP contribution in [0.25, 0.3) is 0 Å². The van der Waals surface area contributed by atoms with Crippen molar-refractivity contribution in [3.63, 3.8) is 0 Å². The second-order valence-corrected chi connectivity index (χ2v) is 4.91. The summed E-state index contributed by atoms with van der Waals surface area (Å²) in [6.07, 6.45) is 0.991. The maximum Gasteiger partial charge on any atom is 0.142 e. The van der Waals surface area contributed by atoms with Crippen LogP contribution < -0.4 is 10.1 Å². The van der Waals surface area contributed by atoms with Crippen molar-refractivity contribution in [1.29, 1.82) is 5.26 Å². The van der Waals surface area contributed by atoms with E-state index < -0.39 is 0 Å². The molecule has 0 aliphatic heterocycles. The Morgan fingerprint density at radius 2 is 2.00 bits per heavy atom. The van der Waals surface area contributed by atoms with Gasteiger partial charge in [-0.3, -0.25) is 0 Å². The van der Waals surface area contributed by atoms with E-state index in [0.717, 1.165) is 24.5 Å². The molecule has 1 unspecified atom stereocenters. The van der Waals surface area contributed by atoms with Crippen LogP contribution >= 0.6 is 0 Å². The molecule has 0 amide bonds. The van der Waals surface area contributed by atoms with Gasteiger partial charge >= 0.3 is 0 Å². The summed E-state index contributed by atoms with van der Waals surface area (Å²) >= 11 is 0. The van der Waals surface area contributed by atoms with Gasteiger partial charge in [-0.2, -0.15) is 5.26 Å². The highest BCUT2D eigenvalue weighted by atomic mass is 16.5. The fourth-order valence-corrected chi connectivity index (χ4v) is 2.11. The quantitative estimate of drug-likeness (QED) is 0.879. The first-order valence-electron chi connectivity index (χ1n) is 6.98. The zero-order valence-corrected chi connectivity index (χ0v) is 12.3. The third-order valence-corrected chi connectivity index (χ3v) is 3.43. The molecule has 0 radical (unpaired) electrons. The van der Waals surface area contributed by atoms with Crippen LogP contribution in [0.15, 0.2) is 42.5 Å². The maximum absolute atomic E-state index is 8.82. The molecule has 4 nitrogen and oxygen atoms in total. The number of benzene rings is 1. The molecule has 2 aromatic rings. The number of hydrogen-bond acceptors (Lipinski definition) is 4. The van der Waals surface area contributed by atoms with Crippen LogP contribution in [0.1, 0.15) is 30.5 Å². The molecule has 0 saturated carbocycles. The molecule has 0 aliphatic carbocycles. The molecular formula is C17H19N3O. The number of nitriles is 1. The van der Waals surface area contributed by atoms with Gasteiger partial charge in [-0.25, -0.2) is 4.98 Å². The second-order valence-electron chi connectivity index (χ2n) is 4.91. The minimum atomic E-state index is 0.434. The van der Waals surface area contributed by atoms with Gasteiger partial charge in [-0.15, -0.1) is 0 Å². The lowest BCUT2D eigenvalue weighted by molar-refractivity contribution is 0.414. The van der Waals surface area contributed by atoms with Crippen LogP contribution in [0.3, 0.4) is 0 Å². The summed E-state index contributed by atoms with van der Waals surface area (Å²) in [4.78, 5) is 4.19. The van der Waals surface area contributed by atoms with Gasteiger partial charge in [0, 0.05) is 6.54 Å². The number of pyridine rings is 1. The molecule has 0 fully saturated rings. The summed E-state index contributed by atoms with van der Waals surface area (Å²) < 4.78 is 5.16. The molecule has 0 saturated heterocycles. The van der Waals surface area contributed by atoms with Crippen molar-refractivity contribution < 1.29 is 4.74 Å². The van der Waals surface area contributed by atoms with Crippen LogP contribution in [0.2, 0.25) is 0 Å². The first kappa shape index (κ1) is 14.9. The highest BCUT2D eigenvalue weighted by Crippen LogP contribution is 2.21. The molecule has 1 heterocycles. The zero-order chi connectivity index (χ0) is 15.1. The van der Waals surface area contributed by atoms with Crippen molar-refractivity contribution in [1.82, 2.24) is 4.98 Å². The Morgan fingerprint density at radius 1 is 1.24 bits per heavy atom. The Kier molecular flexibility index (Phi) is 5.16. The van der Waals surface area contributed by atoms with Crippen molar-refractivity contribution in [3.8, 4) is 11.8 Å². The Labute approximate surface area is 125 Å². The Bertz CT molecular complexity index is 617. The summed E-state index contributed by atoms with van der Waals surface area (Å²) in [5, 5.41) is 12.1. The number of ether oxygens (including phenoxy) is 1. The molecule has 21 heavy (non-hydrogen) atoms. The second kappa shape index (κ2) is 7.30. The highest BCUT2D eigenvalue weighted by molar-refractivity contribution is 5.38. The lowest BCUT2D eigenvalue weighted by atomic mass is 9.98. The summed E-state index contributed by atoms with van der Waals surface area (Å²) in [7, 11) is 1.67. The number of aromatic nitrogens is 1. The van der Waals surface area contributed by atoms with Crippen LogP contribution in [0.4, 0.5) is 5.82 Å². The molecule has 108 valence electrons. The van der Waals surface area contributed by atoms with Crippen molar-refractivity contribution in [2.45, 2.75) is 19.3 Å². The summed E-state index contributed by atoms with van der Waals surface area (Å²) in [6, 6.07) is 15.6. The molecule has 2 rings (SSSR count). The molecule has 0 aliphatic rings. The lowest BCUT2D eigenvalue weighted by Gasteiger charge is -2.13. The van der Waals surface area contributed by atoms with Crippen LogP contribution in [-0.2, 0) is 0 Å². The van der Waals surface area contributed by atoms with Gasteiger partial charge in [0.25, 0.3) is 0 Å². The van der Waals surface area contributed by atoms with E-state index in [-0.39, 0.29) is 0 Å². The van der Waals surface area contributed by atoms with Crippen LogP contribution in [-0.4, -0.2) is 18.6 Å². The van der Waals surface area contributed by atoms with Crippen molar-refractivity contribution in [2.24, 2.45) is 0 Å². The molecule has 1 aromatic carbocycles. The minimum Gasteiger partial charge on any atom is -0.497 e. The molecule has 1 atom stereocenters. The van der Waals surface area contributed by atoms with Gasteiger partial charge in [-0.05, 0) is 42.2 Å². The van der Waals surface area contributed by atoms with E-state index >= 15 is 0 Å². The van der Waals surface area contributed by atoms with E-state index in [0.29, 0.717) is 11.6 Å². The number of rotatable bonds is 6. The number of anilines is 1. The number of nitrogens with zero attached hydrogens (tertiary/aromatic N) is 2. The van der Waals surface area contributed by atoms with Gasteiger partial charge in [0.1, 0.15) is 23.3 Å². The molecule has 0 bridgehead atoms. The maximum atomic E-state index is 8.82. The first-order valence-corrected chi connectivity index (χ1v) is 6.98. The molecule has 0 spiro atoms. The van der Waals surface area contributed by atoms with Crippen molar-refractivity contribution in [3.05, 3.63) is 53.7 Å². The van der Waals surface area contributed by atoms with Crippen molar-refractivity contribution >= 4 is 5.82 Å². The van der Waals surface area contributed by atoms with Crippen molar-refractivity contribution in [2.75, 3.05) is 19.0 Å². The zero-order valence-electron chi connectivity index (χ0n) is 12.3. The van der Waals surface area contributed by atoms with Crippen LogP contribution in [0, 0.1) is 11.3 Å². The fraction of sp³-hybridized carbons (Fsp3) is 0.294. The standard InChI is InChI=1S/C17H19N3O/c1-13(14-6-8-16(21-2)9-7-14)10-11-19-17-5-3-4-15(12-18)20-17/h3-9,13H,10-11H2,1-2H3,(H,19,20). The SMILES string of the molecule is COc1ccc(C(C)CCNc2cccc(C#N)n2)cc1. The highest BCUT2D eigenvalue weighted by Gasteiger charge is 2.06. The number of hydrogen-bond donors (Lipinski definition) is 1. The predicted octanol–water partition coefficient (Wildman–Crippen LogP) is 3.57. The fourth-order valence-electron chi connectivity index (χ4n) is 2.11. The molecule has 1 aromatic heterocycles. The van der Waals surface area contributed by atoms with E-state index in [4.69, 9.17) is 10.00 Å². The number of methoxy groups -OCH3 is 1. The first-order chi connectivity index (χ1) is 10.2. The van der Waals surface area contributed by atoms with E-state index in [1.165, 1.54) is 5.56 Å². The third-order valence-electron chi connectivity index (χ3n) is 3.43. The molecule has 4 heteroatoms. The smallest absolute Gasteiger partial charge is 0.142 e. The Morgan fingerprint density at radius 3 is 2.67 bits per heavy atom. The van der Waals surface area contributed by atoms with E-state index in [1.54, 1.807) is 13.2 Å². The van der Waals surface area contributed by atoms with Gasteiger partial charge < -0.3 is 10.1 Å². The van der Waals surface area contributed by atoms with Gasteiger partial charge in [-0.1, -0.05) is 25.1 Å². The van der Waals surface area contributed by atoms with Gasteiger partial charge in [0.2, 0.25) is 0 Å². The average Bonchev–Trinajstić information content (AvgIpc) is 2.55. The summed E-state index contributed by atoms with van der Waals surface area (Å²) in [5.41, 5.74) is 1.72. The normalized spacial score (nSPS) is 11.5. The third kappa shape index (κ3) is 4.22.